The maximum Gasteiger partial charge on any atom is 0.407 e. The second kappa shape index (κ2) is 14.4. The number of hydrogen-bond acceptors (Lipinski definition) is 8. The van der Waals surface area contributed by atoms with Crippen molar-refractivity contribution in [1.29, 1.82) is 0 Å². The maximum absolute atomic E-state index is 13.4. The number of benzene rings is 4. The summed E-state index contributed by atoms with van der Waals surface area (Å²) in [6.07, 6.45) is -1.19. The summed E-state index contributed by atoms with van der Waals surface area (Å²) in [4.78, 5) is 50.0. The minimum absolute atomic E-state index is 0.00424. The van der Waals surface area contributed by atoms with Crippen molar-refractivity contribution in [2.75, 3.05) is 13.7 Å². The number of amides is 2. The van der Waals surface area contributed by atoms with Crippen molar-refractivity contribution in [3.63, 3.8) is 0 Å². The smallest absolute Gasteiger partial charge is 0.407 e. The molecular formula is C35H33N3O8. The van der Waals surface area contributed by atoms with Gasteiger partial charge in [0.1, 0.15) is 31.0 Å². The predicted octanol–water partition coefficient (Wildman–Crippen LogP) is 5.30. The molecule has 0 fully saturated rings. The van der Waals surface area contributed by atoms with Crippen molar-refractivity contribution in [2.24, 2.45) is 0 Å². The molecule has 0 saturated carbocycles. The molecule has 236 valence electrons. The van der Waals surface area contributed by atoms with Crippen LogP contribution in [0, 0.1) is 10.1 Å². The van der Waals surface area contributed by atoms with Gasteiger partial charge in [-0.2, -0.15) is 0 Å². The molecule has 11 nitrogen and oxygen atoms in total. The first-order valence-corrected chi connectivity index (χ1v) is 14.7. The van der Waals surface area contributed by atoms with Gasteiger partial charge >= 0.3 is 12.1 Å². The highest BCUT2D eigenvalue weighted by molar-refractivity contribution is 5.90. The summed E-state index contributed by atoms with van der Waals surface area (Å²) >= 11 is 0. The fourth-order valence-electron chi connectivity index (χ4n) is 5.50. The lowest BCUT2D eigenvalue weighted by Crippen LogP contribution is -2.52. The molecule has 0 saturated heterocycles. The van der Waals surface area contributed by atoms with Crippen LogP contribution < -0.4 is 15.4 Å². The van der Waals surface area contributed by atoms with E-state index in [0.717, 1.165) is 27.8 Å². The van der Waals surface area contributed by atoms with E-state index < -0.39 is 35.0 Å². The molecule has 2 atom stereocenters. The highest BCUT2D eigenvalue weighted by Gasteiger charge is 2.31. The van der Waals surface area contributed by atoms with Crippen LogP contribution in [0.5, 0.6) is 5.75 Å². The summed E-state index contributed by atoms with van der Waals surface area (Å²) in [6, 6.07) is 27.0. The molecule has 1 aliphatic carbocycles. The van der Waals surface area contributed by atoms with Crippen LogP contribution in [0.1, 0.15) is 35.1 Å². The lowest BCUT2D eigenvalue weighted by Gasteiger charge is -2.21. The minimum atomic E-state index is -1.34. The van der Waals surface area contributed by atoms with Crippen LogP contribution >= 0.6 is 0 Å². The van der Waals surface area contributed by atoms with Gasteiger partial charge in [0.15, 0.2) is 0 Å². The van der Waals surface area contributed by atoms with Gasteiger partial charge in [0, 0.05) is 24.0 Å². The molecule has 0 heterocycles. The number of carbonyl (C=O) groups excluding carboxylic acids is 3. The Hall–Kier alpha value is -5.71. The Morgan fingerprint density at radius 2 is 1.50 bits per heavy atom. The second-order valence-electron chi connectivity index (χ2n) is 10.8. The summed E-state index contributed by atoms with van der Waals surface area (Å²) in [6.45, 7) is 1.64. The summed E-state index contributed by atoms with van der Waals surface area (Å²) in [5, 5.41) is 17.0. The molecule has 0 unspecified atom stereocenters. The van der Waals surface area contributed by atoms with Crippen LogP contribution in [-0.2, 0) is 32.1 Å². The lowest BCUT2D eigenvalue weighted by atomic mass is 9.98. The topological polar surface area (TPSA) is 146 Å². The summed E-state index contributed by atoms with van der Waals surface area (Å²) in [5.41, 5.74) is 4.92. The highest BCUT2D eigenvalue weighted by Crippen LogP contribution is 2.44. The van der Waals surface area contributed by atoms with Crippen LogP contribution in [0.15, 0.2) is 97.1 Å². The van der Waals surface area contributed by atoms with E-state index in [4.69, 9.17) is 14.2 Å². The number of rotatable bonds is 12. The Kier molecular flexibility index (Phi) is 9.91. The molecule has 4 aromatic carbocycles. The van der Waals surface area contributed by atoms with E-state index in [1.54, 1.807) is 0 Å². The van der Waals surface area contributed by atoms with E-state index in [-0.39, 0.29) is 36.8 Å². The molecule has 0 aromatic heterocycles. The van der Waals surface area contributed by atoms with Crippen molar-refractivity contribution in [1.82, 2.24) is 10.6 Å². The molecule has 5 rings (SSSR count). The number of ether oxygens (including phenoxy) is 3. The normalized spacial score (nSPS) is 13.0. The molecular weight excluding hydrogens is 590 g/mol. The number of alkyl carbamates (subject to hydrolysis) is 1. The number of nitrogens with zero attached hydrogens (tertiary/aromatic N) is 1. The molecule has 0 radical (unpaired) electrons. The number of nitro benzene ring substituents is 1. The Bertz CT molecular complexity index is 1700. The Morgan fingerprint density at radius 3 is 2.13 bits per heavy atom. The van der Waals surface area contributed by atoms with Gasteiger partial charge < -0.3 is 24.8 Å². The lowest BCUT2D eigenvalue weighted by molar-refractivity contribution is -0.385. The predicted molar refractivity (Wildman–Crippen MR) is 169 cm³/mol. The van der Waals surface area contributed by atoms with E-state index in [0.29, 0.717) is 5.75 Å². The summed E-state index contributed by atoms with van der Waals surface area (Å²) in [5.74, 6) is -1.33. The number of fused-ring (bicyclic) bond motifs is 3. The van der Waals surface area contributed by atoms with Crippen LogP contribution in [0.3, 0.4) is 0 Å². The van der Waals surface area contributed by atoms with Crippen molar-refractivity contribution in [2.45, 2.75) is 38.0 Å². The number of nitro groups is 1. The standard InChI is InChI=1S/C35H33N3O8/c1-22(34(40)44-2)36-33(39)31(19-24-18-25(16-17-32(24)38(42)43)45-20-23-10-4-3-5-11-23)37-35(41)46-21-30-28-14-8-6-12-26(28)27-13-7-9-15-29(27)30/h3-18,22,30-31H,19-21H2,1-2H3,(H,36,39)(H,37,41)/t22-,31-/m0/s1. The average Bonchev–Trinajstić information content (AvgIpc) is 3.39. The summed E-state index contributed by atoms with van der Waals surface area (Å²) < 4.78 is 16.2. The Balaban J connectivity index is 1.35. The number of carbonyl (C=O) groups is 3. The van der Waals surface area contributed by atoms with Gasteiger partial charge in [-0.3, -0.25) is 14.9 Å². The largest absolute Gasteiger partial charge is 0.489 e. The monoisotopic (exact) mass is 623 g/mol. The second-order valence-corrected chi connectivity index (χ2v) is 10.8. The van der Waals surface area contributed by atoms with E-state index >= 15 is 0 Å². The van der Waals surface area contributed by atoms with Crippen LogP contribution in [-0.4, -0.2) is 48.7 Å². The van der Waals surface area contributed by atoms with E-state index in [1.165, 1.54) is 32.2 Å². The van der Waals surface area contributed by atoms with Gasteiger partial charge in [-0.1, -0.05) is 78.9 Å². The third-order valence-corrected chi connectivity index (χ3v) is 7.79. The Labute approximate surface area is 265 Å². The average molecular weight is 624 g/mol. The fourth-order valence-corrected chi connectivity index (χ4v) is 5.50. The molecule has 2 amide bonds. The first-order valence-electron chi connectivity index (χ1n) is 14.7. The van der Waals surface area contributed by atoms with Gasteiger partial charge in [-0.15, -0.1) is 0 Å². The van der Waals surface area contributed by atoms with Crippen molar-refractivity contribution in [3.8, 4) is 16.9 Å². The van der Waals surface area contributed by atoms with Gasteiger partial charge in [-0.25, -0.2) is 9.59 Å². The number of nitrogens with one attached hydrogen (secondary N) is 2. The van der Waals surface area contributed by atoms with Crippen LogP contribution in [0.4, 0.5) is 10.5 Å². The van der Waals surface area contributed by atoms with Crippen molar-refractivity contribution < 1.29 is 33.5 Å². The molecule has 2 N–H and O–H groups in total. The molecule has 0 aliphatic heterocycles. The SMILES string of the molecule is COC(=O)[C@H](C)NC(=O)[C@H](Cc1cc(OCc2ccccc2)ccc1[N+](=O)[O-])NC(=O)OCC1c2ccccc2-c2ccccc21. The zero-order valence-electron chi connectivity index (χ0n) is 25.3. The van der Waals surface area contributed by atoms with E-state index in [2.05, 4.69) is 10.6 Å². The number of methoxy groups -OCH3 is 1. The third kappa shape index (κ3) is 7.32. The van der Waals surface area contributed by atoms with Crippen molar-refractivity contribution >= 4 is 23.7 Å². The molecule has 0 spiro atoms. The zero-order chi connectivity index (χ0) is 32.6. The van der Waals surface area contributed by atoms with Gasteiger partial charge in [0.05, 0.1) is 12.0 Å². The van der Waals surface area contributed by atoms with Gasteiger partial charge in [0.2, 0.25) is 5.91 Å². The van der Waals surface area contributed by atoms with Crippen LogP contribution in [0.25, 0.3) is 11.1 Å². The molecule has 46 heavy (non-hydrogen) atoms. The third-order valence-electron chi connectivity index (χ3n) is 7.79. The van der Waals surface area contributed by atoms with E-state index in [9.17, 15) is 24.5 Å². The number of esters is 1. The summed E-state index contributed by atoms with van der Waals surface area (Å²) in [7, 11) is 1.18. The van der Waals surface area contributed by atoms with Crippen LogP contribution in [0.2, 0.25) is 0 Å². The zero-order valence-corrected chi connectivity index (χ0v) is 25.3. The van der Waals surface area contributed by atoms with Crippen molar-refractivity contribution in [3.05, 3.63) is 129 Å². The maximum atomic E-state index is 13.4. The minimum Gasteiger partial charge on any atom is -0.489 e. The number of hydrogen-bond donors (Lipinski definition) is 2. The quantitative estimate of drug-likeness (QED) is 0.123. The van der Waals surface area contributed by atoms with Gasteiger partial charge in [-0.05, 0) is 46.9 Å². The fraction of sp³-hybridized carbons (Fsp3) is 0.229. The molecule has 0 bridgehead atoms. The van der Waals surface area contributed by atoms with Gasteiger partial charge in [0.25, 0.3) is 5.69 Å². The Morgan fingerprint density at radius 1 is 0.870 bits per heavy atom. The molecule has 1 aliphatic rings. The highest BCUT2D eigenvalue weighted by atomic mass is 16.6. The first kappa shape index (κ1) is 31.7. The van der Waals surface area contributed by atoms with E-state index in [1.807, 2.05) is 78.9 Å². The molecule has 4 aromatic rings. The first-order chi connectivity index (χ1) is 22.2. The molecule has 11 heteroatoms.